The average molecular weight is 473 g/mol. The van der Waals surface area contributed by atoms with Gasteiger partial charge >= 0.3 is 0 Å². The van der Waals surface area contributed by atoms with Gasteiger partial charge in [0.05, 0.1) is 35.8 Å². The van der Waals surface area contributed by atoms with E-state index in [2.05, 4.69) is 20.1 Å². The van der Waals surface area contributed by atoms with E-state index >= 15 is 0 Å². The van der Waals surface area contributed by atoms with Crippen LogP contribution < -0.4 is 0 Å². The van der Waals surface area contributed by atoms with Crippen molar-refractivity contribution in [1.82, 2.24) is 29.6 Å². The highest BCUT2D eigenvalue weighted by Crippen LogP contribution is 2.32. The fraction of sp³-hybridized carbons (Fsp3) is 0.269. The number of piperidine rings is 1. The molecule has 9 heteroatoms. The highest BCUT2D eigenvalue weighted by molar-refractivity contribution is 5.95. The number of hydrogen-bond acceptors (Lipinski definition) is 6. The summed E-state index contributed by atoms with van der Waals surface area (Å²) in [6.07, 6.45) is 9.48. The van der Waals surface area contributed by atoms with Crippen LogP contribution in [0.4, 0.5) is 4.39 Å². The number of carbonyl (C=O) groups excluding carboxylic acids is 1. The Kier molecular flexibility index (Phi) is 6.58. The van der Waals surface area contributed by atoms with Gasteiger partial charge in [-0.05, 0) is 49.1 Å². The van der Waals surface area contributed by atoms with Gasteiger partial charge in [0.1, 0.15) is 5.82 Å². The quantitative estimate of drug-likeness (QED) is 0.414. The third-order valence-corrected chi connectivity index (χ3v) is 6.20. The minimum atomic E-state index is -0.378. The minimum Gasteiger partial charge on any atom is -0.378 e. The molecule has 4 heterocycles. The molecule has 0 radical (unpaired) electrons. The summed E-state index contributed by atoms with van der Waals surface area (Å²) < 4.78 is 21.2. The number of rotatable bonds is 6. The summed E-state index contributed by atoms with van der Waals surface area (Å²) in [5.41, 5.74) is 2.77. The van der Waals surface area contributed by atoms with E-state index in [-0.39, 0.29) is 30.3 Å². The standard InChI is InChI=1S/C26H25FN6O2/c1-35-17-24-20(25(34)32-14-5-4-10-23(32)18-7-6-12-28-15-18)16-30-33(24)26-29-13-11-22(31-26)19-8-2-3-9-21(19)27/h2-3,6-9,11-13,15-16,23H,4-5,10,14,17H2,1H3. The van der Waals surface area contributed by atoms with Gasteiger partial charge in [0.25, 0.3) is 11.9 Å². The molecule has 4 aromatic rings. The SMILES string of the molecule is COCc1c(C(=O)N2CCCCC2c2cccnc2)cnn1-c1nccc(-c2ccccc2F)n1. The molecule has 0 aliphatic carbocycles. The van der Waals surface area contributed by atoms with Gasteiger partial charge in [-0.15, -0.1) is 0 Å². The summed E-state index contributed by atoms with van der Waals surface area (Å²) >= 11 is 0. The summed E-state index contributed by atoms with van der Waals surface area (Å²) in [4.78, 5) is 28.7. The van der Waals surface area contributed by atoms with Crippen LogP contribution in [-0.4, -0.2) is 49.2 Å². The average Bonchev–Trinajstić information content (AvgIpc) is 3.33. The molecule has 0 spiro atoms. The summed E-state index contributed by atoms with van der Waals surface area (Å²) in [5.74, 6) is -0.265. The largest absolute Gasteiger partial charge is 0.378 e. The van der Waals surface area contributed by atoms with Gasteiger partial charge in [-0.3, -0.25) is 9.78 Å². The van der Waals surface area contributed by atoms with Crippen LogP contribution in [0.15, 0.2) is 67.3 Å². The van der Waals surface area contributed by atoms with Crippen molar-refractivity contribution in [2.75, 3.05) is 13.7 Å². The van der Waals surface area contributed by atoms with Gasteiger partial charge in [-0.2, -0.15) is 9.78 Å². The maximum atomic E-state index is 14.3. The molecular weight excluding hydrogens is 447 g/mol. The molecule has 0 N–H and O–H groups in total. The summed E-state index contributed by atoms with van der Waals surface area (Å²) in [6.45, 7) is 0.787. The Bertz CT molecular complexity index is 1330. The Balaban J connectivity index is 1.51. The third-order valence-electron chi connectivity index (χ3n) is 6.20. The van der Waals surface area contributed by atoms with Crippen LogP contribution >= 0.6 is 0 Å². The van der Waals surface area contributed by atoms with Crippen LogP contribution in [-0.2, 0) is 11.3 Å². The topological polar surface area (TPSA) is 86.0 Å². The van der Waals surface area contributed by atoms with Gasteiger partial charge < -0.3 is 9.64 Å². The Morgan fingerprint density at radius 3 is 2.80 bits per heavy atom. The zero-order chi connectivity index (χ0) is 24.2. The van der Waals surface area contributed by atoms with E-state index in [1.807, 2.05) is 23.2 Å². The van der Waals surface area contributed by atoms with Crippen molar-refractivity contribution in [2.45, 2.75) is 31.9 Å². The molecule has 1 aliphatic heterocycles. The lowest BCUT2D eigenvalue weighted by Crippen LogP contribution is -2.39. The predicted molar refractivity (Wildman–Crippen MR) is 127 cm³/mol. The molecular formula is C26H25FN6O2. The molecule has 1 aromatic carbocycles. The second-order valence-corrected chi connectivity index (χ2v) is 8.37. The van der Waals surface area contributed by atoms with Gasteiger partial charge in [0.2, 0.25) is 0 Å². The van der Waals surface area contributed by atoms with Gasteiger partial charge in [-0.25, -0.2) is 14.4 Å². The summed E-state index contributed by atoms with van der Waals surface area (Å²) in [7, 11) is 1.56. The molecule has 1 unspecified atom stereocenters. The molecule has 8 nitrogen and oxygen atoms in total. The van der Waals surface area contributed by atoms with Crippen molar-refractivity contribution >= 4 is 5.91 Å². The van der Waals surface area contributed by atoms with Crippen LogP contribution in [0.3, 0.4) is 0 Å². The molecule has 0 saturated carbocycles. The van der Waals surface area contributed by atoms with Gasteiger partial charge in [0, 0.05) is 37.8 Å². The lowest BCUT2D eigenvalue weighted by molar-refractivity contribution is 0.0606. The monoisotopic (exact) mass is 472 g/mol. The fourth-order valence-corrected chi connectivity index (χ4v) is 4.52. The Hall–Kier alpha value is -3.98. The van der Waals surface area contributed by atoms with E-state index in [0.717, 1.165) is 24.8 Å². The van der Waals surface area contributed by atoms with Crippen molar-refractivity contribution in [3.63, 3.8) is 0 Å². The number of nitrogens with zero attached hydrogens (tertiary/aromatic N) is 6. The van der Waals surface area contributed by atoms with Crippen LogP contribution in [0, 0.1) is 5.82 Å². The van der Waals surface area contributed by atoms with Gasteiger partial charge in [0.15, 0.2) is 0 Å². The third kappa shape index (κ3) is 4.54. The number of amides is 1. The van der Waals surface area contributed by atoms with Crippen LogP contribution in [0.2, 0.25) is 0 Å². The lowest BCUT2D eigenvalue weighted by atomic mass is 9.95. The molecule has 0 bridgehead atoms. The zero-order valence-corrected chi connectivity index (χ0v) is 19.3. The first-order valence-corrected chi connectivity index (χ1v) is 11.5. The second-order valence-electron chi connectivity index (χ2n) is 8.37. The maximum Gasteiger partial charge on any atom is 0.257 e. The summed E-state index contributed by atoms with van der Waals surface area (Å²) in [5, 5.41) is 4.43. The molecule has 3 aromatic heterocycles. The molecule has 1 amide bonds. The molecule has 1 aliphatic rings. The lowest BCUT2D eigenvalue weighted by Gasteiger charge is -2.36. The van der Waals surface area contributed by atoms with Crippen molar-refractivity contribution < 1.29 is 13.9 Å². The van der Waals surface area contributed by atoms with Crippen molar-refractivity contribution in [1.29, 1.82) is 0 Å². The Morgan fingerprint density at radius 2 is 2.00 bits per heavy atom. The number of aromatic nitrogens is 5. The smallest absolute Gasteiger partial charge is 0.257 e. The molecule has 35 heavy (non-hydrogen) atoms. The molecule has 178 valence electrons. The van der Waals surface area contributed by atoms with E-state index in [1.54, 1.807) is 43.8 Å². The van der Waals surface area contributed by atoms with E-state index in [9.17, 15) is 9.18 Å². The van der Waals surface area contributed by atoms with Gasteiger partial charge in [-0.1, -0.05) is 18.2 Å². The first-order chi connectivity index (χ1) is 17.2. The number of halogens is 1. The summed E-state index contributed by atoms with van der Waals surface area (Å²) in [6, 6.07) is 11.9. The van der Waals surface area contributed by atoms with Crippen molar-refractivity contribution in [3.05, 3.63) is 89.9 Å². The molecule has 5 rings (SSSR count). The van der Waals surface area contributed by atoms with Crippen LogP contribution in [0.1, 0.15) is 46.9 Å². The highest BCUT2D eigenvalue weighted by atomic mass is 19.1. The minimum absolute atomic E-state index is 0.0515. The first-order valence-electron chi connectivity index (χ1n) is 11.5. The fourth-order valence-electron chi connectivity index (χ4n) is 4.52. The van der Waals surface area contributed by atoms with Crippen molar-refractivity contribution in [2.24, 2.45) is 0 Å². The van der Waals surface area contributed by atoms with Crippen LogP contribution in [0.25, 0.3) is 17.2 Å². The normalized spacial score (nSPS) is 15.8. The Morgan fingerprint density at radius 1 is 1.11 bits per heavy atom. The zero-order valence-electron chi connectivity index (χ0n) is 19.3. The first kappa shape index (κ1) is 22.8. The van der Waals surface area contributed by atoms with Crippen LogP contribution in [0.5, 0.6) is 0 Å². The van der Waals surface area contributed by atoms with E-state index in [4.69, 9.17) is 4.74 Å². The Labute approximate surface area is 202 Å². The highest BCUT2D eigenvalue weighted by Gasteiger charge is 2.32. The second kappa shape index (κ2) is 10.1. The number of hydrogen-bond donors (Lipinski definition) is 0. The molecule has 1 saturated heterocycles. The number of pyridine rings is 1. The number of likely N-dealkylation sites (tertiary alicyclic amines) is 1. The maximum absolute atomic E-state index is 14.3. The van der Waals surface area contributed by atoms with E-state index in [0.29, 0.717) is 29.1 Å². The van der Waals surface area contributed by atoms with E-state index < -0.39 is 0 Å². The number of ether oxygens (including phenoxy) is 1. The number of benzene rings is 1. The number of carbonyl (C=O) groups is 1. The predicted octanol–water partition coefficient (Wildman–Crippen LogP) is 4.38. The molecule has 1 atom stereocenters. The van der Waals surface area contributed by atoms with E-state index in [1.165, 1.54) is 16.9 Å². The van der Waals surface area contributed by atoms with Crippen molar-refractivity contribution in [3.8, 4) is 17.2 Å². The number of methoxy groups -OCH3 is 1. The molecule has 1 fully saturated rings.